The van der Waals surface area contributed by atoms with E-state index < -0.39 is 0 Å². The summed E-state index contributed by atoms with van der Waals surface area (Å²) in [6, 6.07) is 55.3. The molecule has 2 atom stereocenters. The van der Waals surface area contributed by atoms with Crippen LogP contribution in [-0.2, 0) is 0 Å². The zero-order valence-corrected chi connectivity index (χ0v) is 27.1. The van der Waals surface area contributed by atoms with Crippen LogP contribution < -0.4 is 4.90 Å². The van der Waals surface area contributed by atoms with E-state index in [-0.39, 0.29) is 12.0 Å². The molecule has 1 aliphatic carbocycles. The number of benzene rings is 6. The fourth-order valence-corrected chi connectivity index (χ4v) is 7.78. The number of rotatable bonds is 5. The molecule has 2 unspecified atom stereocenters. The summed E-state index contributed by atoms with van der Waals surface area (Å²) in [6.45, 7) is 0. The minimum Gasteiger partial charge on any atom is -0.312 e. The first-order chi connectivity index (χ1) is 24.8. The fraction of sp³-hybridized carbons (Fsp3) is 0.0444. The lowest BCUT2D eigenvalue weighted by Crippen LogP contribution is -2.32. The van der Waals surface area contributed by atoms with Gasteiger partial charge in [0.1, 0.15) is 0 Å². The molecule has 0 radical (unpaired) electrons. The first-order valence-corrected chi connectivity index (χ1v) is 17.0. The van der Waals surface area contributed by atoms with Crippen molar-refractivity contribution in [1.29, 1.82) is 0 Å². The van der Waals surface area contributed by atoms with Gasteiger partial charge in [-0.25, -0.2) is 4.98 Å². The van der Waals surface area contributed by atoms with Crippen molar-refractivity contribution in [2.24, 2.45) is 0 Å². The van der Waals surface area contributed by atoms with Crippen LogP contribution in [0.1, 0.15) is 11.5 Å². The van der Waals surface area contributed by atoms with E-state index in [0.717, 1.165) is 22.4 Å². The number of fused-ring (bicyclic) bond motifs is 6. The molecule has 3 heterocycles. The smallest absolute Gasteiger partial charge is 0.234 e. The van der Waals surface area contributed by atoms with Gasteiger partial charge >= 0.3 is 0 Å². The number of aromatic nitrogens is 4. The molecule has 6 aromatic carbocycles. The topological polar surface area (TPSA) is 46.8 Å². The molecule has 50 heavy (non-hydrogen) atoms. The van der Waals surface area contributed by atoms with Gasteiger partial charge in [0.2, 0.25) is 5.95 Å². The Balaban J connectivity index is 1.13. The lowest BCUT2D eigenvalue weighted by atomic mass is 9.88. The van der Waals surface area contributed by atoms with Crippen molar-refractivity contribution in [2.45, 2.75) is 12.0 Å². The molecule has 2 aromatic heterocycles. The van der Waals surface area contributed by atoms with Gasteiger partial charge in [-0.3, -0.25) is 0 Å². The zero-order chi connectivity index (χ0) is 33.0. The number of hydrogen-bond acceptors (Lipinski definition) is 4. The van der Waals surface area contributed by atoms with Gasteiger partial charge in [-0.2, -0.15) is 9.97 Å². The maximum atomic E-state index is 5.23. The highest BCUT2D eigenvalue weighted by Gasteiger charge is 2.43. The van der Waals surface area contributed by atoms with Gasteiger partial charge in [0, 0.05) is 33.3 Å². The highest BCUT2D eigenvalue weighted by Crippen LogP contribution is 2.52. The largest absolute Gasteiger partial charge is 0.312 e. The Morgan fingerprint density at radius 2 is 0.980 bits per heavy atom. The SMILES string of the molecule is C1=CC2C(C(n3c4ccccc4c4ccccc43)=C1)c1ccccc1N2c1nc(-c2ccccc2)nc(-c2ccc(-c3ccccc3)cc2)n1. The number of nitrogens with zero attached hydrogens (tertiary/aromatic N) is 5. The summed E-state index contributed by atoms with van der Waals surface area (Å²) < 4.78 is 2.45. The predicted octanol–water partition coefficient (Wildman–Crippen LogP) is 10.7. The maximum absolute atomic E-state index is 5.23. The molecule has 0 bridgehead atoms. The Labute approximate surface area is 290 Å². The quantitative estimate of drug-likeness (QED) is 0.188. The predicted molar refractivity (Wildman–Crippen MR) is 204 cm³/mol. The van der Waals surface area contributed by atoms with E-state index in [1.54, 1.807) is 0 Å². The molecule has 5 nitrogen and oxygen atoms in total. The molecule has 1 aliphatic heterocycles. The molecule has 0 amide bonds. The Kier molecular flexibility index (Phi) is 6.56. The van der Waals surface area contributed by atoms with Crippen LogP contribution >= 0.6 is 0 Å². The van der Waals surface area contributed by atoms with Crippen molar-refractivity contribution >= 4 is 39.1 Å². The summed E-state index contributed by atoms with van der Waals surface area (Å²) in [7, 11) is 0. The molecule has 236 valence electrons. The van der Waals surface area contributed by atoms with Crippen molar-refractivity contribution in [2.75, 3.05) is 4.90 Å². The third-order valence-corrected chi connectivity index (χ3v) is 10.0. The Hall–Kier alpha value is -6.59. The summed E-state index contributed by atoms with van der Waals surface area (Å²) in [5.74, 6) is 1.99. The van der Waals surface area contributed by atoms with E-state index in [0.29, 0.717) is 17.6 Å². The van der Waals surface area contributed by atoms with Crippen LogP contribution in [0.25, 0.3) is 61.4 Å². The van der Waals surface area contributed by atoms with Crippen LogP contribution in [0.3, 0.4) is 0 Å². The zero-order valence-electron chi connectivity index (χ0n) is 27.1. The van der Waals surface area contributed by atoms with Crippen LogP contribution in [0.15, 0.2) is 176 Å². The molecular weight excluding hydrogens is 611 g/mol. The Morgan fingerprint density at radius 1 is 0.460 bits per heavy atom. The lowest BCUT2D eigenvalue weighted by Gasteiger charge is -2.31. The average molecular weight is 642 g/mol. The van der Waals surface area contributed by atoms with Gasteiger partial charge < -0.3 is 9.47 Å². The van der Waals surface area contributed by atoms with Crippen LogP contribution in [0.4, 0.5) is 11.6 Å². The van der Waals surface area contributed by atoms with Crippen molar-refractivity contribution in [3.8, 4) is 33.9 Å². The van der Waals surface area contributed by atoms with Crippen molar-refractivity contribution in [1.82, 2.24) is 19.5 Å². The first-order valence-electron chi connectivity index (χ1n) is 17.0. The molecule has 0 N–H and O–H groups in total. The fourth-order valence-electron chi connectivity index (χ4n) is 7.78. The van der Waals surface area contributed by atoms with E-state index in [1.165, 1.54) is 38.6 Å². The summed E-state index contributed by atoms with van der Waals surface area (Å²) in [4.78, 5) is 17.8. The third-order valence-electron chi connectivity index (χ3n) is 10.0. The first kappa shape index (κ1) is 28.4. The molecule has 0 fully saturated rings. The highest BCUT2D eigenvalue weighted by atomic mass is 15.3. The van der Waals surface area contributed by atoms with E-state index >= 15 is 0 Å². The summed E-state index contributed by atoms with van der Waals surface area (Å²) in [6.07, 6.45) is 6.77. The highest BCUT2D eigenvalue weighted by molar-refractivity contribution is 6.10. The molecule has 0 spiro atoms. The molecule has 5 heteroatoms. The molecule has 10 rings (SSSR count). The summed E-state index contributed by atoms with van der Waals surface area (Å²) in [5, 5.41) is 2.51. The molecule has 8 aromatic rings. The van der Waals surface area contributed by atoms with Crippen LogP contribution in [0.2, 0.25) is 0 Å². The second-order valence-electron chi connectivity index (χ2n) is 12.8. The molecule has 2 aliphatic rings. The average Bonchev–Trinajstić information content (AvgIpc) is 3.72. The van der Waals surface area contributed by atoms with E-state index in [2.05, 4.69) is 161 Å². The van der Waals surface area contributed by atoms with Crippen molar-refractivity contribution in [3.05, 3.63) is 182 Å². The van der Waals surface area contributed by atoms with Crippen molar-refractivity contribution in [3.63, 3.8) is 0 Å². The normalized spacial score (nSPS) is 16.4. The maximum Gasteiger partial charge on any atom is 0.234 e. The monoisotopic (exact) mass is 641 g/mol. The Bertz CT molecular complexity index is 2550. The van der Waals surface area contributed by atoms with Crippen LogP contribution in [-0.4, -0.2) is 25.6 Å². The van der Waals surface area contributed by atoms with E-state index in [9.17, 15) is 0 Å². The minimum absolute atomic E-state index is 0.0355. The molecular formula is C45H31N5. The molecule has 0 saturated carbocycles. The third kappa shape index (κ3) is 4.51. The standard InChI is InChI=1S/C45H31N5/c1-3-14-30(15-4-1)31-26-28-33(29-27-31)44-46-43(32-16-5-2-6-17-32)47-45(48-44)50-39-23-12-9-20-36(39)42-40(24-13-25-41(42)50)49-37-21-10-7-18-34(37)35-19-8-11-22-38(35)49/h1-29,41-42H. The van der Waals surface area contributed by atoms with Gasteiger partial charge in [-0.1, -0.05) is 152 Å². The van der Waals surface area contributed by atoms with E-state index in [1.807, 2.05) is 24.3 Å². The van der Waals surface area contributed by atoms with Gasteiger partial charge in [0.05, 0.1) is 23.0 Å². The Morgan fingerprint density at radius 3 is 1.66 bits per heavy atom. The van der Waals surface area contributed by atoms with Crippen LogP contribution in [0, 0.1) is 0 Å². The number of para-hydroxylation sites is 3. The number of anilines is 2. The number of allylic oxidation sites excluding steroid dienone is 2. The molecule has 0 saturated heterocycles. The van der Waals surface area contributed by atoms with Gasteiger partial charge in [0.15, 0.2) is 11.6 Å². The lowest BCUT2D eigenvalue weighted by molar-refractivity contribution is 0.721. The van der Waals surface area contributed by atoms with Crippen LogP contribution in [0.5, 0.6) is 0 Å². The second kappa shape index (κ2) is 11.5. The van der Waals surface area contributed by atoms with Gasteiger partial charge in [0.25, 0.3) is 0 Å². The minimum atomic E-state index is -0.0355. The summed E-state index contributed by atoms with van der Waals surface area (Å²) in [5.41, 5.74) is 10.2. The van der Waals surface area contributed by atoms with E-state index in [4.69, 9.17) is 15.0 Å². The van der Waals surface area contributed by atoms with Crippen molar-refractivity contribution < 1.29 is 0 Å². The van der Waals surface area contributed by atoms with Gasteiger partial charge in [-0.15, -0.1) is 0 Å². The summed E-state index contributed by atoms with van der Waals surface area (Å²) >= 11 is 0. The number of hydrogen-bond donors (Lipinski definition) is 0. The van der Waals surface area contributed by atoms with Gasteiger partial charge in [-0.05, 0) is 41.0 Å². The second-order valence-corrected chi connectivity index (χ2v) is 12.8.